The molecule has 1 N–H and O–H groups in total. The van der Waals surface area contributed by atoms with Crippen LogP contribution in [-0.4, -0.2) is 53.4 Å². The van der Waals surface area contributed by atoms with Gasteiger partial charge in [0.1, 0.15) is 0 Å². The third-order valence-corrected chi connectivity index (χ3v) is 6.41. The minimum atomic E-state index is 0.0982. The zero-order valence-corrected chi connectivity index (χ0v) is 17.7. The second-order valence-corrected chi connectivity index (χ2v) is 8.50. The van der Waals surface area contributed by atoms with E-state index in [4.69, 9.17) is 4.84 Å². The molecule has 1 aliphatic carbocycles. The lowest BCUT2D eigenvalue weighted by molar-refractivity contribution is 0.0591. The molecule has 160 valence electrons. The molecule has 0 unspecified atom stereocenters. The minimum Gasteiger partial charge on any atom is -0.382 e. The Kier molecular flexibility index (Phi) is 5.71. The first-order valence-corrected chi connectivity index (χ1v) is 11.1. The summed E-state index contributed by atoms with van der Waals surface area (Å²) >= 11 is 0. The molecule has 0 radical (unpaired) electrons. The Bertz CT molecular complexity index is 1040. The number of piperazine rings is 1. The number of amides is 1. The monoisotopic (exact) mass is 416 g/mol. The first-order valence-electron chi connectivity index (χ1n) is 11.1. The summed E-state index contributed by atoms with van der Waals surface area (Å²) in [4.78, 5) is 27.5. The predicted octanol–water partition coefficient (Wildman–Crippen LogP) is 4.20. The van der Waals surface area contributed by atoms with Gasteiger partial charge in [-0.2, -0.15) is 0 Å². The first-order chi connectivity index (χ1) is 15.3. The highest BCUT2D eigenvalue weighted by Crippen LogP contribution is 2.27. The highest BCUT2D eigenvalue weighted by molar-refractivity contribution is 5.94. The summed E-state index contributed by atoms with van der Waals surface area (Å²) in [5, 5.41) is 1.05. The van der Waals surface area contributed by atoms with Crippen molar-refractivity contribution >= 4 is 22.5 Å². The molecule has 2 fully saturated rings. The summed E-state index contributed by atoms with van der Waals surface area (Å²) in [5.41, 5.74) is 5.34. The molecule has 0 atom stereocenters. The lowest BCUT2D eigenvalue weighted by Crippen LogP contribution is -2.50. The van der Waals surface area contributed by atoms with Gasteiger partial charge in [0.05, 0.1) is 11.2 Å². The van der Waals surface area contributed by atoms with Crippen molar-refractivity contribution in [3.8, 4) is 5.75 Å². The van der Waals surface area contributed by atoms with Gasteiger partial charge in [0.15, 0.2) is 5.75 Å². The van der Waals surface area contributed by atoms with Crippen LogP contribution in [0.1, 0.15) is 29.6 Å². The molecule has 6 heteroatoms. The average molecular weight is 417 g/mol. The van der Waals surface area contributed by atoms with E-state index in [9.17, 15) is 4.79 Å². The Hall–Kier alpha value is -3.12. The number of carbonyl (C=O) groups is 1. The Labute approximate surface area is 182 Å². The van der Waals surface area contributed by atoms with Crippen LogP contribution in [0, 0.1) is 5.92 Å². The fourth-order valence-corrected chi connectivity index (χ4v) is 4.32. The van der Waals surface area contributed by atoms with Crippen LogP contribution in [0.15, 0.2) is 60.8 Å². The number of fused-ring (bicyclic) bond motifs is 1. The van der Waals surface area contributed by atoms with Crippen LogP contribution in [0.2, 0.25) is 0 Å². The van der Waals surface area contributed by atoms with Crippen molar-refractivity contribution < 1.29 is 9.63 Å². The van der Waals surface area contributed by atoms with Crippen molar-refractivity contribution in [2.75, 3.05) is 38.2 Å². The van der Waals surface area contributed by atoms with Gasteiger partial charge in [0, 0.05) is 49.9 Å². The number of benzene rings is 2. The van der Waals surface area contributed by atoms with E-state index in [1.54, 1.807) is 6.20 Å². The van der Waals surface area contributed by atoms with Crippen molar-refractivity contribution in [2.24, 2.45) is 5.92 Å². The number of carbonyl (C=O) groups excluding carboxylic acids is 1. The van der Waals surface area contributed by atoms with Crippen LogP contribution in [0.25, 0.3) is 10.9 Å². The topological polar surface area (TPSA) is 57.7 Å². The predicted molar refractivity (Wildman–Crippen MR) is 122 cm³/mol. The van der Waals surface area contributed by atoms with E-state index in [1.807, 2.05) is 59.5 Å². The van der Waals surface area contributed by atoms with Gasteiger partial charge in [-0.15, -0.1) is 0 Å². The quantitative estimate of drug-likeness (QED) is 0.611. The zero-order valence-electron chi connectivity index (χ0n) is 17.7. The number of pyridine rings is 1. The van der Waals surface area contributed by atoms with E-state index < -0.39 is 0 Å². The fourth-order valence-electron chi connectivity index (χ4n) is 4.32. The molecule has 1 saturated carbocycles. The molecule has 6 nitrogen and oxygen atoms in total. The fraction of sp³-hybridized carbons (Fsp3) is 0.360. The maximum absolute atomic E-state index is 12.9. The summed E-state index contributed by atoms with van der Waals surface area (Å²) in [5.74, 6) is 1.63. The lowest BCUT2D eigenvalue weighted by Gasteiger charge is -2.38. The van der Waals surface area contributed by atoms with E-state index in [2.05, 4.69) is 15.4 Å². The SMILES string of the molecule is O=C(c1ccc(ONc2cccc3cccnc23)cc1)N1CCN(CC2CCC2)CC1. The summed E-state index contributed by atoms with van der Waals surface area (Å²) < 4.78 is 0. The molecular weight excluding hydrogens is 388 g/mol. The Morgan fingerprint density at radius 3 is 2.52 bits per heavy atom. The highest BCUT2D eigenvalue weighted by atomic mass is 16.6. The van der Waals surface area contributed by atoms with Gasteiger partial charge in [0.25, 0.3) is 5.91 Å². The Morgan fingerprint density at radius 1 is 1.00 bits per heavy atom. The zero-order chi connectivity index (χ0) is 21.0. The summed E-state index contributed by atoms with van der Waals surface area (Å²) in [6.07, 6.45) is 5.90. The molecule has 31 heavy (non-hydrogen) atoms. The van der Waals surface area contributed by atoms with E-state index in [0.29, 0.717) is 11.3 Å². The maximum atomic E-state index is 12.9. The van der Waals surface area contributed by atoms with Crippen LogP contribution in [0.3, 0.4) is 0 Å². The van der Waals surface area contributed by atoms with Gasteiger partial charge in [-0.25, -0.2) is 5.48 Å². The van der Waals surface area contributed by atoms with E-state index in [0.717, 1.165) is 48.7 Å². The van der Waals surface area contributed by atoms with E-state index >= 15 is 0 Å². The van der Waals surface area contributed by atoms with Gasteiger partial charge in [-0.3, -0.25) is 14.7 Å². The molecule has 1 saturated heterocycles. The molecule has 0 spiro atoms. The molecule has 2 aromatic carbocycles. The number of hydrogen-bond acceptors (Lipinski definition) is 5. The molecule has 5 rings (SSSR count). The number of rotatable bonds is 6. The van der Waals surface area contributed by atoms with Crippen molar-refractivity contribution in [3.63, 3.8) is 0 Å². The van der Waals surface area contributed by atoms with Crippen molar-refractivity contribution in [2.45, 2.75) is 19.3 Å². The van der Waals surface area contributed by atoms with Gasteiger partial charge < -0.3 is 9.74 Å². The first kappa shape index (κ1) is 19.8. The van der Waals surface area contributed by atoms with Crippen LogP contribution >= 0.6 is 0 Å². The lowest BCUT2D eigenvalue weighted by atomic mass is 9.85. The van der Waals surface area contributed by atoms with Crippen LogP contribution in [0.5, 0.6) is 5.75 Å². The standard InChI is InChI=1S/C25H28N4O2/c30-25(29-16-14-28(15-17-29)18-19-4-1-5-19)21-9-11-22(12-10-21)31-27-23-8-2-6-20-7-3-13-26-24(20)23/h2-3,6-13,19,27H,1,4-5,14-18H2. The third kappa shape index (κ3) is 4.49. The van der Waals surface area contributed by atoms with Gasteiger partial charge in [0.2, 0.25) is 0 Å². The van der Waals surface area contributed by atoms with Crippen LogP contribution < -0.4 is 10.3 Å². The van der Waals surface area contributed by atoms with E-state index in [-0.39, 0.29) is 5.91 Å². The van der Waals surface area contributed by atoms with Crippen molar-refractivity contribution in [1.82, 2.24) is 14.8 Å². The maximum Gasteiger partial charge on any atom is 0.253 e. The number of nitrogens with one attached hydrogen (secondary N) is 1. The summed E-state index contributed by atoms with van der Waals surface area (Å²) in [7, 11) is 0. The van der Waals surface area contributed by atoms with Crippen LogP contribution in [0.4, 0.5) is 5.69 Å². The summed E-state index contributed by atoms with van der Waals surface area (Å²) in [6.45, 7) is 4.77. The normalized spacial score (nSPS) is 17.4. The van der Waals surface area contributed by atoms with Gasteiger partial charge in [-0.05, 0) is 55.2 Å². The molecular formula is C25H28N4O2. The smallest absolute Gasteiger partial charge is 0.253 e. The third-order valence-electron chi connectivity index (χ3n) is 6.41. The molecule has 3 aromatic rings. The number of nitrogens with zero attached hydrogens (tertiary/aromatic N) is 3. The Morgan fingerprint density at radius 2 is 1.77 bits per heavy atom. The number of anilines is 1. The number of aromatic nitrogens is 1. The van der Waals surface area contributed by atoms with Gasteiger partial charge in [-0.1, -0.05) is 24.6 Å². The molecule has 0 bridgehead atoms. The number of para-hydroxylation sites is 1. The molecule has 1 aliphatic heterocycles. The number of hydrogen-bond donors (Lipinski definition) is 1. The van der Waals surface area contributed by atoms with Crippen LogP contribution in [-0.2, 0) is 0 Å². The minimum absolute atomic E-state index is 0.0982. The second-order valence-electron chi connectivity index (χ2n) is 8.50. The van der Waals surface area contributed by atoms with Crippen molar-refractivity contribution in [3.05, 3.63) is 66.4 Å². The largest absolute Gasteiger partial charge is 0.382 e. The summed E-state index contributed by atoms with van der Waals surface area (Å²) in [6, 6.07) is 17.2. The molecule has 1 aromatic heterocycles. The molecule has 1 amide bonds. The second kappa shape index (κ2) is 8.94. The Balaban J connectivity index is 1.16. The average Bonchev–Trinajstić information content (AvgIpc) is 2.80. The van der Waals surface area contributed by atoms with Crippen molar-refractivity contribution in [1.29, 1.82) is 0 Å². The van der Waals surface area contributed by atoms with Gasteiger partial charge >= 0.3 is 0 Å². The highest BCUT2D eigenvalue weighted by Gasteiger charge is 2.25. The molecule has 2 heterocycles. The molecule has 2 aliphatic rings. The van der Waals surface area contributed by atoms with E-state index in [1.165, 1.54) is 25.8 Å².